The van der Waals surface area contributed by atoms with E-state index in [1.807, 2.05) is 30.3 Å². The van der Waals surface area contributed by atoms with Gasteiger partial charge >= 0.3 is 11.9 Å². The molecule has 40 heavy (non-hydrogen) atoms. The van der Waals surface area contributed by atoms with Gasteiger partial charge in [-0.3, -0.25) is 9.59 Å². The Morgan fingerprint density at radius 1 is 0.850 bits per heavy atom. The molecule has 0 saturated carbocycles. The Kier molecular flexibility index (Phi) is 15.2. The summed E-state index contributed by atoms with van der Waals surface area (Å²) in [6, 6.07) is 10.6. The summed E-state index contributed by atoms with van der Waals surface area (Å²) in [6.45, 7) is 2.29. The maximum absolute atomic E-state index is 13.2. The van der Waals surface area contributed by atoms with Crippen molar-refractivity contribution in [1.82, 2.24) is 4.90 Å². The second kappa shape index (κ2) is 18.9. The zero-order valence-corrected chi connectivity index (χ0v) is 25.2. The predicted octanol–water partition coefficient (Wildman–Crippen LogP) is 7.97. The van der Waals surface area contributed by atoms with E-state index in [4.69, 9.17) is 9.47 Å². The lowest BCUT2D eigenvalue weighted by Gasteiger charge is -2.36. The zero-order chi connectivity index (χ0) is 28.4. The summed E-state index contributed by atoms with van der Waals surface area (Å²) >= 11 is 0. The summed E-state index contributed by atoms with van der Waals surface area (Å²) < 4.78 is 11.6. The lowest BCUT2D eigenvalue weighted by molar-refractivity contribution is -0.158. The largest absolute Gasteiger partial charge is 0.464 e. The SMILES string of the molecule is CCCCCCCCCCCC#CCCCCC(=O)OCC(C(=O)O[C@H]1C[C@H]2CC[C@@H](C1)N2C)c1ccccc1. The van der Waals surface area contributed by atoms with Crippen molar-refractivity contribution in [2.24, 2.45) is 0 Å². The molecule has 2 fully saturated rings. The molecule has 0 radical (unpaired) electrons. The Balaban J connectivity index is 1.28. The Morgan fingerprint density at radius 2 is 1.43 bits per heavy atom. The maximum atomic E-state index is 13.2. The van der Waals surface area contributed by atoms with Gasteiger partial charge in [-0.2, -0.15) is 0 Å². The number of piperidine rings is 1. The summed E-state index contributed by atoms with van der Waals surface area (Å²) in [4.78, 5) is 28.1. The molecular formula is C35H53NO4. The van der Waals surface area contributed by atoms with E-state index in [0.717, 1.165) is 44.1 Å². The van der Waals surface area contributed by atoms with Crippen molar-refractivity contribution in [3.05, 3.63) is 35.9 Å². The van der Waals surface area contributed by atoms with Crippen molar-refractivity contribution >= 4 is 11.9 Å². The average Bonchev–Trinajstić information content (AvgIpc) is 3.15. The van der Waals surface area contributed by atoms with Crippen LogP contribution in [0.2, 0.25) is 0 Å². The van der Waals surface area contributed by atoms with Crippen LogP contribution in [0, 0.1) is 11.8 Å². The fourth-order valence-corrected chi connectivity index (χ4v) is 6.12. The lowest BCUT2D eigenvalue weighted by atomic mass is 9.98. The fourth-order valence-electron chi connectivity index (χ4n) is 6.12. The van der Waals surface area contributed by atoms with Gasteiger partial charge in [-0.15, -0.1) is 11.8 Å². The van der Waals surface area contributed by atoms with Crippen LogP contribution in [0.4, 0.5) is 0 Å². The molecule has 2 aliphatic rings. The van der Waals surface area contributed by atoms with Gasteiger partial charge in [0.1, 0.15) is 18.6 Å². The second-order valence-electron chi connectivity index (χ2n) is 11.9. The molecule has 2 aliphatic heterocycles. The van der Waals surface area contributed by atoms with Gasteiger partial charge in [-0.25, -0.2) is 0 Å². The molecule has 2 heterocycles. The van der Waals surface area contributed by atoms with Gasteiger partial charge in [0.25, 0.3) is 0 Å². The molecule has 0 amide bonds. The van der Waals surface area contributed by atoms with Gasteiger partial charge in [0, 0.05) is 31.3 Å². The number of hydrogen-bond donors (Lipinski definition) is 0. The molecular weight excluding hydrogens is 498 g/mol. The smallest absolute Gasteiger partial charge is 0.317 e. The zero-order valence-electron chi connectivity index (χ0n) is 25.2. The van der Waals surface area contributed by atoms with Gasteiger partial charge in [0.05, 0.1) is 0 Å². The molecule has 222 valence electrons. The molecule has 4 atom stereocenters. The van der Waals surface area contributed by atoms with E-state index in [-0.39, 0.29) is 24.6 Å². The minimum atomic E-state index is -0.589. The Morgan fingerprint density at radius 3 is 2.05 bits per heavy atom. The average molecular weight is 552 g/mol. The van der Waals surface area contributed by atoms with Crippen LogP contribution in [0.1, 0.15) is 134 Å². The normalized spacial score (nSPS) is 20.9. The number of ether oxygens (including phenoxy) is 2. The molecule has 5 heteroatoms. The number of rotatable bonds is 18. The molecule has 1 unspecified atom stereocenters. The van der Waals surface area contributed by atoms with Gasteiger partial charge in [0.2, 0.25) is 0 Å². The molecule has 0 aliphatic carbocycles. The lowest BCUT2D eigenvalue weighted by Crippen LogP contribution is -2.44. The quantitative estimate of drug-likeness (QED) is 0.105. The predicted molar refractivity (Wildman–Crippen MR) is 162 cm³/mol. The highest BCUT2D eigenvalue weighted by atomic mass is 16.6. The van der Waals surface area contributed by atoms with Crippen LogP contribution in [-0.2, 0) is 19.1 Å². The Labute approximate surface area is 243 Å². The van der Waals surface area contributed by atoms with Crippen molar-refractivity contribution in [3.8, 4) is 11.8 Å². The molecule has 5 nitrogen and oxygen atoms in total. The van der Waals surface area contributed by atoms with E-state index in [1.165, 1.54) is 70.6 Å². The van der Waals surface area contributed by atoms with Crippen LogP contribution in [0.15, 0.2) is 30.3 Å². The monoisotopic (exact) mass is 551 g/mol. The minimum absolute atomic E-state index is 0.0275. The van der Waals surface area contributed by atoms with Gasteiger partial charge < -0.3 is 14.4 Å². The summed E-state index contributed by atoms with van der Waals surface area (Å²) in [5.74, 6) is 5.42. The standard InChI is InChI=1S/C35H53NO4/c1-3-4-5-6-7-8-9-10-11-12-13-14-15-16-20-23-34(37)39-28-33(29-21-18-17-19-22-29)35(38)40-32-26-30-24-25-31(27-32)36(30)2/h17-19,21-22,30-33H,3-12,15-16,20,23-28H2,1-2H3/t30-,31+,32+,33?. The Bertz CT molecular complexity index is 906. The number of fused-ring (bicyclic) bond motifs is 2. The van der Waals surface area contributed by atoms with E-state index in [9.17, 15) is 9.59 Å². The number of benzene rings is 1. The molecule has 2 bridgehead atoms. The first-order chi connectivity index (χ1) is 19.6. The summed E-state index contributed by atoms with van der Waals surface area (Å²) in [7, 11) is 2.18. The summed E-state index contributed by atoms with van der Waals surface area (Å²) in [5.41, 5.74) is 0.832. The summed E-state index contributed by atoms with van der Waals surface area (Å²) in [5, 5.41) is 0. The van der Waals surface area contributed by atoms with E-state index in [0.29, 0.717) is 18.5 Å². The first-order valence-corrected chi connectivity index (χ1v) is 16.2. The van der Waals surface area contributed by atoms with Crippen LogP contribution >= 0.6 is 0 Å². The minimum Gasteiger partial charge on any atom is -0.464 e. The highest BCUT2D eigenvalue weighted by molar-refractivity contribution is 5.79. The topological polar surface area (TPSA) is 55.8 Å². The third kappa shape index (κ3) is 11.7. The first kappa shape index (κ1) is 32.2. The van der Waals surface area contributed by atoms with Crippen molar-refractivity contribution < 1.29 is 19.1 Å². The van der Waals surface area contributed by atoms with Crippen LogP contribution in [0.25, 0.3) is 0 Å². The fraction of sp³-hybridized carbons (Fsp3) is 0.714. The number of nitrogens with zero attached hydrogens (tertiary/aromatic N) is 1. The number of hydrogen-bond acceptors (Lipinski definition) is 5. The van der Waals surface area contributed by atoms with Crippen molar-refractivity contribution in [2.45, 2.75) is 147 Å². The van der Waals surface area contributed by atoms with Crippen LogP contribution < -0.4 is 0 Å². The summed E-state index contributed by atoms with van der Waals surface area (Å²) in [6.07, 6.45) is 19.9. The van der Waals surface area contributed by atoms with Gasteiger partial charge in [-0.1, -0.05) is 88.6 Å². The number of esters is 2. The van der Waals surface area contributed by atoms with E-state index < -0.39 is 5.92 Å². The second-order valence-corrected chi connectivity index (χ2v) is 11.9. The molecule has 0 spiro atoms. The third-order valence-electron chi connectivity index (χ3n) is 8.70. The Hall–Kier alpha value is -2.32. The van der Waals surface area contributed by atoms with Gasteiger partial charge in [0.15, 0.2) is 0 Å². The first-order valence-electron chi connectivity index (χ1n) is 16.2. The van der Waals surface area contributed by atoms with Gasteiger partial charge in [-0.05, 0) is 57.6 Å². The van der Waals surface area contributed by atoms with Crippen LogP contribution in [0.3, 0.4) is 0 Å². The number of carbonyl (C=O) groups excluding carboxylic acids is 2. The van der Waals surface area contributed by atoms with Crippen molar-refractivity contribution in [3.63, 3.8) is 0 Å². The molecule has 2 saturated heterocycles. The van der Waals surface area contributed by atoms with E-state index in [2.05, 4.69) is 30.7 Å². The van der Waals surface area contributed by atoms with Crippen molar-refractivity contribution in [2.75, 3.05) is 13.7 Å². The molecule has 1 aromatic carbocycles. The molecule has 1 aromatic rings. The van der Waals surface area contributed by atoms with Crippen LogP contribution in [0.5, 0.6) is 0 Å². The van der Waals surface area contributed by atoms with E-state index in [1.54, 1.807) is 0 Å². The van der Waals surface area contributed by atoms with Crippen molar-refractivity contribution in [1.29, 1.82) is 0 Å². The van der Waals surface area contributed by atoms with E-state index >= 15 is 0 Å². The highest BCUT2D eigenvalue weighted by Gasteiger charge is 2.40. The molecule has 0 N–H and O–H groups in total. The molecule has 0 aromatic heterocycles. The van der Waals surface area contributed by atoms with Crippen LogP contribution in [-0.4, -0.2) is 48.7 Å². The third-order valence-corrected chi connectivity index (χ3v) is 8.70. The molecule has 3 rings (SSSR count). The number of carbonyl (C=O) groups is 2. The maximum Gasteiger partial charge on any atom is 0.317 e. The number of unbranched alkanes of at least 4 members (excludes halogenated alkanes) is 11. The highest BCUT2D eigenvalue weighted by Crippen LogP contribution is 2.36.